The maximum Gasteiger partial charge on any atom is 0.126 e. The topological polar surface area (TPSA) is 24.9 Å². The summed E-state index contributed by atoms with van der Waals surface area (Å²) in [7, 11) is 0. The number of aryl methyl sites for hydroxylation is 1. The number of aromatic nitrogens is 1. The molecule has 0 aliphatic heterocycles. The Labute approximate surface area is 107 Å². The molecule has 2 aromatic rings. The van der Waals surface area contributed by atoms with Gasteiger partial charge in [-0.15, -0.1) is 0 Å². The van der Waals surface area contributed by atoms with Crippen LogP contribution < -0.4 is 5.32 Å². The standard InChI is InChI=1S/C15H17FN2/c1-3-17-8-12-7-14(10-18-9-12)13-4-5-15(16)11(2)6-13/h4-7,9-10,17H,3,8H2,1-2H3. The molecule has 0 aliphatic carbocycles. The van der Waals surface area contributed by atoms with E-state index in [0.717, 1.165) is 29.8 Å². The minimum Gasteiger partial charge on any atom is -0.313 e. The molecule has 1 aromatic carbocycles. The Morgan fingerprint density at radius 3 is 2.72 bits per heavy atom. The highest BCUT2D eigenvalue weighted by Gasteiger charge is 2.03. The van der Waals surface area contributed by atoms with Gasteiger partial charge in [-0.25, -0.2) is 4.39 Å². The Morgan fingerprint density at radius 2 is 2.00 bits per heavy atom. The van der Waals surface area contributed by atoms with E-state index in [9.17, 15) is 4.39 Å². The first-order valence-corrected chi connectivity index (χ1v) is 6.12. The molecule has 0 fully saturated rings. The predicted octanol–water partition coefficient (Wildman–Crippen LogP) is 3.31. The van der Waals surface area contributed by atoms with Crippen molar-refractivity contribution in [3.8, 4) is 11.1 Å². The van der Waals surface area contributed by atoms with Gasteiger partial charge in [0.25, 0.3) is 0 Å². The molecule has 0 amide bonds. The van der Waals surface area contributed by atoms with Crippen molar-refractivity contribution in [3.05, 3.63) is 53.6 Å². The van der Waals surface area contributed by atoms with Crippen LogP contribution >= 0.6 is 0 Å². The van der Waals surface area contributed by atoms with Gasteiger partial charge in [0.05, 0.1) is 0 Å². The lowest BCUT2D eigenvalue weighted by atomic mass is 10.0. The van der Waals surface area contributed by atoms with E-state index in [-0.39, 0.29) is 5.82 Å². The zero-order valence-electron chi connectivity index (χ0n) is 10.7. The number of benzene rings is 1. The number of hydrogen-bond donors (Lipinski definition) is 1. The van der Waals surface area contributed by atoms with Gasteiger partial charge in [-0.3, -0.25) is 4.98 Å². The summed E-state index contributed by atoms with van der Waals surface area (Å²) in [4.78, 5) is 4.23. The number of nitrogens with one attached hydrogen (secondary N) is 1. The summed E-state index contributed by atoms with van der Waals surface area (Å²) in [5.74, 6) is -0.171. The molecule has 0 spiro atoms. The second-order valence-corrected chi connectivity index (χ2v) is 4.33. The molecule has 0 aliphatic rings. The fraction of sp³-hybridized carbons (Fsp3) is 0.267. The molecule has 2 nitrogen and oxygen atoms in total. The fourth-order valence-electron chi connectivity index (χ4n) is 1.84. The highest BCUT2D eigenvalue weighted by molar-refractivity contribution is 5.63. The van der Waals surface area contributed by atoms with Gasteiger partial charge in [0.2, 0.25) is 0 Å². The normalized spacial score (nSPS) is 10.6. The van der Waals surface area contributed by atoms with E-state index in [2.05, 4.69) is 23.3 Å². The molecule has 94 valence electrons. The minimum atomic E-state index is -0.171. The van der Waals surface area contributed by atoms with E-state index in [1.807, 2.05) is 18.5 Å². The second kappa shape index (κ2) is 5.74. The van der Waals surface area contributed by atoms with Crippen LogP contribution in [0.1, 0.15) is 18.1 Å². The van der Waals surface area contributed by atoms with Crippen molar-refractivity contribution in [2.75, 3.05) is 6.54 Å². The molecule has 1 aromatic heterocycles. The van der Waals surface area contributed by atoms with Gasteiger partial charge < -0.3 is 5.32 Å². The van der Waals surface area contributed by atoms with Crippen molar-refractivity contribution in [2.24, 2.45) is 0 Å². The van der Waals surface area contributed by atoms with Crippen LogP contribution in [-0.4, -0.2) is 11.5 Å². The van der Waals surface area contributed by atoms with Crippen molar-refractivity contribution >= 4 is 0 Å². The van der Waals surface area contributed by atoms with Gasteiger partial charge in [0.15, 0.2) is 0 Å². The van der Waals surface area contributed by atoms with Crippen LogP contribution in [0, 0.1) is 12.7 Å². The average molecular weight is 244 g/mol. The van der Waals surface area contributed by atoms with Crippen LogP contribution in [0.4, 0.5) is 4.39 Å². The Bertz CT molecular complexity index is 538. The Hall–Kier alpha value is -1.74. The van der Waals surface area contributed by atoms with Crippen LogP contribution in [-0.2, 0) is 6.54 Å². The van der Waals surface area contributed by atoms with Crippen LogP contribution in [0.15, 0.2) is 36.7 Å². The summed E-state index contributed by atoms with van der Waals surface area (Å²) in [6, 6.07) is 7.23. The van der Waals surface area contributed by atoms with E-state index in [1.54, 1.807) is 13.0 Å². The monoisotopic (exact) mass is 244 g/mol. The first-order chi connectivity index (χ1) is 8.70. The first kappa shape index (κ1) is 12.7. The molecule has 1 heterocycles. The van der Waals surface area contributed by atoms with Gasteiger partial charge >= 0.3 is 0 Å². The average Bonchev–Trinajstić information content (AvgIpc) is 2.40. The van der Waals surface area contributed by atoms with Gasteiger partial charge in [0.1, 0.15) is 5.82 Å². The molecule has 0 saturated carbocycles. The third-order valence-electron chi connectivity index (χ3n) is 2.87. The third-order valence-corrected chi connectivity index (χ3v) is 2.87. The van der Waals surface area contributed by atoms with Crippen molar-refractivity contribution in [2.45, 2.75) is 20.4 Å². The zero-order chi connectivity index (χ0) is 13.0. The van der Waals surface area contributed by atoms with E-state index in [4.69, 9.17) is 0 Å². The molecule has 0 atom stereocenters. The van der Waals surface area contributed by atoms with E-state index < -0.39 is 0 Å². The van der Waals surface area contributed by atoms with Crippen molar-refractivity contribution < 1.29 is 4.39 Å². The largest absolute Gasteiger partial charge is 0.313 e. The van der Waals surface area contributed by atoms with Crippen LogP contribution in [0.25, 0.3) is 11.1 Å². The minimum absolute atomic E-state index is 0.171. The van der Waals surface area contributed by atoms with Crippen molar-refractivity contribution in [1.82, 2.24) is 10.3 Å². The van der Waals surface area contributed by atoms with Crippen molar-refractivity contribution in [1.29, 1.82) is 0 Å². The highest BCUT2D eigenvalue weighted by atomic mass is 19.1. The summed E-state index contributed by atoms with van der Waals surface area (Å²) in [6.07, 6.45) is 3.66. The molecule has 18 heavy (non-hydrogen) atoms. The molecule has 0 bridgehead atoms. The maximum atomic E-state index is 13.2. The van der Waals surface area contributed by atoms with Crippen LogP contribution in [0.5, 0.6) is 0 Å². The summed E-state index contributed by atoms with van der Waals surface area (Å²) in [6.45, 7) is 5.58. The van der Waals surface area contributed by atoms with E-state index in [0.29, 0.717) is 5.56 Å². The lowest BCUT2D eigenvalue weighted by Crippen LogP contribution is -2.11. The Balaban J connectivity index is 2.29. The first-order valence-electron chi connectivity index (χ1n) is 6.12. The molecular weight excluding hydrogens is 227 g/mol. The van der Waals surface area contributed by atoms with Crippen molar-refractivity contribution in [3.63, 3.8) is 0 Å². The smallest absolute Gasteiger partial charge is 0.126 e. The molecule has 0 saturated heterocycles. The van der Waals surface area contributed by atoms with Gasteiger partial charge in [0, 0.05) is 24.5 Å². The fourth-order valence-corrected chi connectivity index (χ4v) is 1.84. The number of rotatable bonds is 4. The Kier molecular flexibility index (Phi) is 4.05. The maximum absolute atomic E-state index is 13.2. The quantitative estimate of drug-likeness (QED) is 0.892. The molecule has 1 N–H and O–H groups in total. The predicted molar refractivity (Wildman–Crippen MR) is 71.7 cm³/mol. The van der Waals surface area contributed by atoms with Gasteiger partial charge in [-0.2, -0.15) is 0 Å². The van der Waals surface area contributed by atoms with Gasteiger partial charge in [-0.05, 0) is 48.4 Å². The number of nitrogens with zero attached hydrogens (tertiary/aromatic N) is 1. The van der Waals surface area contributed by atoms with Crippen LogP contribution in [0.3, 0.4) is 0 Å². The SMILES string of the molecule is CCNCc1cncc(-c2ccc(F)c(C)c2)c1. The molecule has 0 radical (unpaired) electrons. The summed E-state index contributed by atoms with van der Waals surface area (Å²) >= 11 is 0. The highest BCUT2D eigenvalue weighted by Crippen LogP contribution is 2.21. The zero-order valence-corrected chi connectivity index (χ0v) is 10.7. The number of hydrogen-bond acceptors (Lipinski definition) is 2. The van der Waals surface area contributed by atoms with Gasteiger partial charge in [-0.1, -0.05) is 13.0 Å². The summed E-state index contributed by atoms with van der Waals surface area (Å²) in [5.41, 5.74) is 3.81. The van der Waals surface area contributed by atoms with E-state index >= 15 is 0 Å². The van der Waals surface area contributed by atoms with E-state index in [1.165, 1.54) is 6.07 Å². The lowest BCUT2D eigenvalue weighted by molar-refractivity contribution is 0.619. The van der Waals surface area contributed by atoms with Crippen LogP contribution in [0.2, 0.25) is 0 Å². The second-order valence-electron chi connectivity index (χ2n) is 4.33. The molecule has 2 rings (SSSR count). The molecule has 3 heteroatoms. The molecule has 0 unspecified atom stereocenters. The Morgan fingerprint density at radius 1 is 1.17 bits per heavy atom. The number of halogens is 1. The molecular formula is C15H17FN2. The number of pyridine rings is 1. The lowest BCUT2D eigenvalue weighted by Gasteiger charge is -2.06. The third kappa shape index (κ3) is 2.93. The summed E-state index contributed by atoms with van der Waals surface area (Å²) in [5, 5.41) is 3.26. The summed E-state index contributed by atoms with van der Waals surface area (Å²) < 4.78 is 13.2.